The summed E-state index contributed by atoms with van der Waals surface area (Å²) in [4.78, 5) is 0. The quantitative estimate of drug-likeness (QED) is 0.482. The molecule has 2 heterocycles. The van der Waals surface area contributed by atoms with Gasteiger partial charge in [-0.15, -0.1) is 0 Å². The molecule has 2 atom stereocenters. The fraction of sp³-hybridized carbons (Fsp3) is 0.857. The summed E-state index contributed by atoms with van der Waals surface area (Å²) in [5.74, 6) is 0.596. The summed E-state index contributed by atoms with van der Waals surface area (Å²) in [6, 6.07) is 0. The molecule has 2 rings (SSSR count). The van der Waals surface area contributed by atoms with Crippen LogP contribution in [-0.2, 0) is 9.47 Å². The first-order chi connectivity index (χ1) is 4.47. The smallest absolute Gasteiger partial charge is 0.160 e. The molecule has 2 aliphatic rings. The van der Waals surface area contributed by atoms with Crippen LogP contribution in [0.15, 0.2) is 0 Å². The fourth-order valence-electron chi connectivity index (χ4n) is 1.45. The zero-order valence-corrected chi connectivity index (χ0v) is 5.38. The summed E-state index contributed by atoms with van der Waals surface area (Å²) in [6.07, 6.45) is 4.77. The molecular weight excluding hydrogens is 116 g/mol. The minimum absolute atomic E-state index is 0.110. The van der Waals surface area contributed by atoms with Crippen LogP contribution in [0, 0.1) is 12.3 Å². The first-order valence-electron chi connectivity index (χ1n) is 3.53. The van der Waals surface area contributed by atoms with Crippen molar-refractivity contribution in [2.45, 2.75) is 19.1 Å². The van der Waals surface area contributed by atoms with Crippen molar-refractivity contribution in [3.8, 4) is 0 Å². The third-order valence-corrected chi connectivity index (χ3v) is 1.97. The molecule has 0 aromatic heterocycles. The van der Waals surface area contributed by atoms with E-state index in [-0.39, 0.29) is 6.29 Å². The number of fused-ring (bicyclic) bond motifs is 1. The second-order valence-corrected chi connectivity index (χ2v) is 2.61. The highest BCUT2D eigenvalue weighted by atomic mass is 16.7. The molecular formula is C7H11O2. The van der Waals surface area contributed by atoms with Crippen LogP contribution in [0.2, 0.25) is 0 Å². The summed E-state index contributed by atoms with van der Waals surface area (Å²) in [5, 5.41) is 0. The lowest BCUT2D eigenvalue weighted by atomic mass is 10.00. The van der Waals surface area contributed by atoms with Crippen LogP contribution in [0.3, 0.4) is 0 Å². The molecule has 0 N–H and O–H groups in total. The third-order valence-electron chi connectivity index (χ3n) is 1.97. The maximum absolute atomic E-state index is 5.35. The molecule has 2 heteroatoms. The highest BCUT2D eigenvalue weighted by Crippen LogP contribution is 2.28. The molecule has 2 saturated heterocycles. The SMILES string of the molecule is [CH]1CO[C@H]2OCCC[C@H]12. The number of hydrogen-bond donors (Lipinski definition) is 0. The summed E-state index contributed by atoms with van der Waals surface area (Å²) < 4.78 is 10.6. The summed E-state index contributed by atoms with van der Waals surface area (Å²) >= 11 is 0. The molecule has 0 saturated carbocycles. The van der Waals surface area contributed by atoms with Crippen molar-refractivity contribution in [3.63, 3.8) is 0 Å². The average molecular weight is 127 g/mol. The molecule has 0 unspecified atom stereocenters. The van der Waals surface area contributed by atoms with E-state index in [1.54, 1.807) is 0 Å². The van der Waals surface area contributed by atoms with Crippen molar-refractivity contribution in [3.05, 3.63) is 6.42 Å². The third kappa shape index (κ3) is 0.970. The van der Waals surface area contributed by atoms with Crippen molar-refractivity contribution < 1.29 is 9.47 Å². The van der Waals surface area contributed by atoms with Gasteiger partial charge in [-0.1, -0.05) is 0 Å². The van der Waals surface area contributed by atoms with Gasteiger partial charge in [-0.25, -0.2) is 0 Å². The van der Waals surface area contributed by atoms with Crippen molar-refractivity contribution in [2.75, 3.05) is 13.2 Å². The van der Waals surface area contributed by atoms with E-state index < -0.39 is 0 Å². The van der Waals surface area contributed by atoms with Gasteiger partial charge in [-0.05, 0) is 19.3 Å². The monoisotopic (exact) mass is 127 g/mol. The van der Waals surface area contributed by atoms with E-state index in [2.05, 4.69) is 6.42 Å². The van der Waals surface area contributed by atoms with Crippen LogP contribution in [0.1, 0.15) is 12.8 Å². The number of rotatable bonds is 0. The first kappa shape index (κ1) is 5.69. The minimum Gasteiger partial charge on any atom is -0.352 e. The largest absolute Gasteiger partial charge is 0.352 e. The molecule has 0 aromatic carbocycles. The molecule has 9 heavy (non-hydrogen) atoms. The summed E-state index contributed by atoms with van der Waals surface area (Å²) in [6.45, 7) is 1.67. The normalized spacial score (nSPS) is 42.7. The molecule has 2 aliphatic heterocycles. The van der Waals surface area contributed by atoms with Crippen LogP contribution < -0.4 is 0 Å². The lowest BCUT2D eigenvalue weighted by molar-refractivity contribution is -0.150. The zero-order valence-electron chi connectivity index (χ0n) is 5.38. The molecule has 0 spiro atoms. The molecule has 2 fully saturated rings. The van der Waals surface area contributed by atoms with E-state index in [0.29, 0.717) is 5.92 Å². The Morgan fingerprint density at radius 1 is 1.33 bits per heavy atom. The molecule has 51 valence electrons. The Hall–Kier alpha value is -0.0800. The van der Waals surface area contributed by atoms with Crippen molar-refractivity contribution in [1.29, 1.82) is 0 Å². The fourth-order valence-corrected chi connectivity index (χ4v) is 1.45. The van der Waals surface area contributed by atoms with E-state index in [4.69, 9.17) is 9.47 Å². The van der Waals surface area contributed by atoms with Gasteiger partial charge in [0.1, 0.15) is 0 Å². The molecule has 0 amide bonds. The van der Waals surface area contributed by atoms with Crippen LogP contribution in [0.5, 0.6) is 0 Å². The van der Waals surface area contributed by atoms with E-state index in [9.17, 15) is 0 Å². The average Bonchev–Trinajstić information content (AvgIpc) is 2.33. The lowest BCUT2D eigenvalue weighted by Gasteiger charge is -2.23. The standard InChI is InChI=1S/C7H11O2/c1-2-6-3-5-9-7(6)8-4-1/h3,6-7H,1-2,4-5H2/t6-,7-/m1/s1. The molecule has 0 aromatic rings. The summed E-state index contributed by atoms with van der Waals surface area (Å²) in [5.41, 5.74) is 0. The van der Waals surface area contributed by atoms with Gasteiger partial charge in [0.2, 0.25) is 0 Å². The first-order valence-corrected chi connectivity index (χ1v) is 3.53. The van der Waals surface area contributed by atoms with Crippen molar-refractivity contribution in [1.82, 2.24) is 0 Å². The van der Waals surface area contributed by atoms with Gasteiger partial charge in [0.25, 0.3) is 0 Å². The van der Waals surface area contributed by atoms with Crippen molar-refractivity contribution in [2.24, 2.45) is 5.92 Å². The van der Waals surface area contributed by atoms with Crippen LogP contribution in [-0.4, -0.2) is 19.5 Å². The maximum Gasteiger partial charge on any atom is 0.160 e. The Kier molecular flexibility index (Phi) is 1.44. The Morgan fingerprint density at radius 2 is 2.33 bits per heavy atom. The predicted molar refractivity (Wildman–Crippen MR) is 32.7 cm³/mol. The molecule has 0 bridgehead atoms. The minimum atomic E-state index is 0.110. The van der Waals surface area contributed by atoms with E-state index in [0.717, 1.165) is 13.2 Å². The second kappa shape index (κ2) is 2.27. The topological polar surface area (TPSA) is 18.5 Å². The van der Waals surface area contributed by atoms with Gasteiger partial charge in [0, 0.05) is 12.5 Å². The Balaban J connectivity index is 1.97. The van der Waals surface area contributed by atoms with Crippen LogP contribution in [0.25, 0.3) is 0 Å². The maximum atomic E-state index is 5.35. The zero-order chi connectivity index (χ0) is 6.10. The molecule has 1 radical (unpaired) electrons. The van der Waals surface area contributed by atoms with E-state index in [1.807, 2.05) is 0 Å². The van der Waals surface area contributed by atoms with Gasteiger partial charge < -0.3 is 9.47 Å². The number of ether oxygens (including phenoxy) is 2. The number of hydrogen-bond acceptors (Lipinski definition) is 2. The lowest BCUT2D eigenvalue weighted by Crippen LogP contribution is -2.25. The Morgan fingerprint density at radius 3 is 3.22 bits per heavy atom. The van der Waals surface area contributed by atoms with Crippen LogP contribution in [0.4, 0.5) is 0 Å². The van der Waals surface area contributed by atoms with Gasteiger partial charge in [-0.3, -0.25) is 0 Å². The van der Waals surface area contributed by atoms with E-state index in [1.165, 1.54) is 12.8 Å². The summed E-state index contributed by atoms with van der Waals surface area (Å²) in [7, 11) is 0. The predicted octanol–water partition coefficient (Wildman–Crippen LogP) is 0.974. The van der Waals surface area contributed by atoms with Crippen molar-refractivity contribution >= 4 is 0 Å². The Bertz CT molecular complexity index is 91.1. The molecule has 2 nitrogen and oxygen atoms in total. The van der Waals surface area contributed by atoms with Gasteiger partial charge in [0.15, 0.2) is 6.29 Å². The van der Waals surface area contributed by atoms with E-state index >= 15 is 0 Å². The second-order valence-electron chi connectivity index (χ2n) is 2.61. The van der Waals surface area contributed by atoms with Crippen LogP contribution >= 0.6 is 0 Å². The highest BCUT2D eigenvalue weighted by molar-refractivity contribution is 4.86. The van der Waals surface area contributed by atoms with Gasteiger partial charge in [-0.2, -0.15) is 0 Å². The molecule has 0 aliphatic carbocycles. The Labute approximate surface area is 55.1 Å². The van der Waals surface area contributed by atoms with Gasteiger partial charge >= 0.3 is 0 Å². The highest BCUT2D eigenvalue weighted by Gasteiger charge is 2.31. The van der Waals surface area contributed by atoms with Gasteiger partial charge in [0.05, 0.1) is 6.61 Å².